The van der Waals surface area contributed by atoms with Crippen molar-refractivity contribution in [1.82, 2.24) is 0 Å². The van der Waals surface area contributed by atoms with Gasteiger partial charge in [0.25, 0.3) is 0 Å². The van der Waals surface area contributed by atoms with Crippen LogP contribution in [-0.2, 0) is 0 Å². The lowest BCUT2D eigenvalue weighted by Crippen LogP contribution is -1.87. The second kappa shape index (κ2) is 10.9. The summed E-state index contributed by atoms with van der Waals surface area (Å²) in [5.74, 6) is 2.40. The third-order valence-electron chi connectivity index (χ3n) is 1.64. The van der Waals surface area contributed by atoms with Gasteiger partial charge in [-0.15, -0.1) is 23.5 Å². The smallest absolute Gasteiger partial charge is 0.104 e. The van der Waals surface area contributed by atoms with Gasteiger partial charge in [-0.2, -0.15) is 0 Å². The SMILES string of the molecule is CCCCCCSC(=S)SCCC. The van der Waals surface area contributed by atoms with Crippen molar-refractivity contribution < 1.29 is 0 Å². The largest absolute Gasteiger partial charge is 0.108 e. The van der Waals surface area contributed by atoms with Crippen molar-refractivity contribution in [2.45, 2.75) is 46.0 Å². The van der Waals surface area contributed by atoms with E-state index in [1.54, 1.807) is 0 Å². The summed E-state index contributed by atoms with van der Waals surface area (Å²) in [7, 11) is 0. The molecule has 0 spiro atoms. The van der Waals surface area contributed by atoms with Crippen molar-refractivity contribution in [3.05, 3.63) is 0 Å². The first-order valence-corrected chi connectivity index (χ1v) is 7.48. The van der Waals surface area contributed by atoms with Crippen LogP contribution >= 0.6 is 35.7 Å². The van der Waals surface area contributed by atoms with E-state index in [4.69, 9.17) is 12.2 Å². The van der Waals surface area contributed by atoms with E-state index in [0.717, 1.165) is 3.53 Å². The average Bonchev–Trinajstić information content (AvgIpc) is 2.14. The lowest BCUT2D eigenvalue weighted by Gasteiger charge is -2.01. The van der Waals surface area contributed by atoms with Crippen molar-refractivity contribution in [3.63, 3.8) is 0 Å². The Kier molecular flexibility index (Phi) is 11.5. The standard InChI is InChI=1S/C10H20S3/c1-3-5-6-7-9-13-10(11)12-8-4-2/h3-9H2,1-2H3. The Balaban J connectivity index is 3.08. The zero-order chi connectivity index (χ0) is 9.94. The molecule has 0 atom stereocenters. The maximum atomic E-state index is 5.22. The molecule has 0 aliphatic rings. The number of hydrogen-bond donors (Lipinski definition) is 0. The van der Waals surface area contributed by atoms with Gasteiger partial charge in [-0.25, -0.2) is 0 Å². The highest BCUT2D eigenvalue weighted by molar-refractivity contribution is 8.47. The number of hydrogen-bond acceptors (Lipinski definition) is 3. The van der Waals surface area contributed by atoms with Gasteiger partial charge in [0.2, 0.25) is 0 Å². The molecule has 0 heterocycles. The zero-order valence-electron chi connectivity index (χ0n) is 8.67. The summed E-state index contributed by atoms with van der Waals surface area (Å²) >= 11 is 8.92. The molecule has 0 N–H and O–H groups in total. The molecular formula is C10H20S3. The van der Waals surface area contributed by atoms with Crippen LogP contribution in [0.3, 0.4) is 0 Å². The van der Waals surface area contributed by atoms with Gasteiger partial charge in [0, 0.05) is 0 Å². The summed E-state index contributed by atoms with van der Waals surface area (Å²) in [6.45, 7) is 4.44. The molecule has 0 aromatic heterocycles. The molecule has 0 amide bonds. The number of thioether (sulfide) groups is 2. The number of rotatable bonds is 7. The minimum absolute atomic E-state index is 1.14. The minimum atomic E-state index is 1.14. The summed E-state index contributed by atoms with van der Waals surface area (Å²) in [6.07, 6.45) is 6.60. The van der Waals surface area contributed by atoms with Crippen molar-refractivity contribution in [2.75, 3.05) is 11.5 Å². The van der Waals surface area contributed by atoms with E-state index in [1.807, 2.05) is 23.5 Å². The van der Waals surface area contributed by atoms with Crippen LogP contribution in [0.5, 0.6) is 0 Å². The van der Waals surface area contributed by atoms with Crippen molar-refractivity contribution in [3.8, 4) is 0 Å². The Hall–Kier alpha value is 0.790. The van der Waals surface area contributed by atoms with E-state index < -0.39 is 0 Å². The third kappa shape index (κ3) is 10.7. The van der Waals surface area contributed by atoms with E-state index in [1.165, 1.54) is 43.6 Å². The molecule has 0 rings (SSSR count). The van der Waals surface area contributed by atoms with Gasteiger partial charge in [0.05, 0.1) is 0 Å². The van der Waals surface area contributed by atoms with Gasteiger partial charge in [-0.3, -0.25) is 0 Å². The van der Waals surface area contributed by atoms with Crippen LogP contribution < -0.4 is 0 Å². The van der Waals surface area contributed by atoms with Crippen LogP contribution in [0.1, 0.15) is 46.0 Å². The Bertz CT molecular complexity index is 123. The molecule has 0 fully saturated rings. The van der Waals surface area contributed by atoms with Crippen molar-refractivity contribution in [2.24, 2.45) is 0 Å². The molecule has 0 saturated carbocycles. The Morgan fingerprint density at radius 2 is 1.62 bits per heavy atom. The second-order valence-electron chi connectivity index (χ2n) is 3.01. The third-order valence-corrected chi connectivity index (χ3v) is 4.63. The van der Waals surface area contributed by atoms with Crippen molar-refractivity contribution >= 4 is 39.3 Å². The van der Waals surface area contributed by atoms with E-state index in [-0.39, 0.29) is 0 Å². The first kappa shape index (κ1) is 13.8. The van der Waals surface area contributed by atoms with Crippen LogP contribution in [-0.4, -0.2) is 15.0 Å². The summed E-state index contributed by atoms with van der Waals surface area (Å²) in [5, 5.41) is 0. The summed E-state index contributed by atoms with van der Waals surface area (Å²) in [4.78, 5) is 0. The molecule has 0 aromatic carbocycles. The van der Waals surface area contributed by atoms with Crippen LogP contribution in [0.2, 0.25) is 0 Å². The van der Waals surface area contributed by atoms with Crippen LogP contribution in [0.15, 0.2) is 0 Å². The van der Waals surface area contributed by atoms with E-state index in [9.17, 15) is 0 Å². The van der Waals surface area contributed by atoms with Crippen LogP contribution in [0.25, 0.3) is 0 Å². The molecule has 0 unspecified atom stereocenters. The Morgan fingerprint density at radius 3 is 2.23 bits per heavy atom. The monoisotopic (exact) mass is 236 g/mol. The maximum absolute atomic E-state index is 5.22. The van der Waals surface area contributed by atoms with Crippen LogP contribution in [0, 0.1) is 0 Å². The fraction of sp³-hybridized carbons (Fsp3) is 0.900. The summed E-state index contributed by atoms with van der Waals surface area (Å²) in [5.41, 5.74) is 0. The summed E-state index contributed by atoms with van der Waals surface area (Å²) < 4.78 is 1.14. The highest BCUT2D eigenvalue weighted by Gasteiger charge is 1.97. The fourth-order valence-electron chi connectivity index (χ4n) is 0.911. The molecule has 0 aromatic rings. The van der Waals surface area contributed by atoms with E-state index in [2.05, 4.69) is 13.8 Å². The normalized spacial score (nSPS) is 10.3. The molecule has 3 heteroatoms. The first-order chi connectivity index (χ1) is 6.31. The Labute approximate surface area is 96.6 Å². The minimum Gasteiger partial charge on any atom is -0.108 e. The molecule has 13 heavy (non-hydrogen) atoms. The Morgan fingerprint density at radius 1 is 0.923 bits per heavy atom. The van der Waals surface area contributed by atoms with Gasteiger partial charge in [0.1, 0.15) is 3.53 Å². The molecule has 0 nitrogen and oxygen atoms in total. The number of thiocarbonyl (C=S) groups is 1. The van der Waals surface area contributed by atoms with Crippen LogP contribution in [0.4, 0.5) is 0 Å². The zero-order valence-corrected chi connectivity index (χ0v) is 11.1. The molecule has 0 bridgehead atoms. The maximum Gasteiger partial charge on any atom is 0.104 e. The topological polar surface area (TPSA) is 0 Å². The van der Waals surface area contributed by atoms with Gasteiger partial charge < -0.3 is 0 Å². The van der Waals surface area contributed by atoms with E-state index >= 15 is 0 Å². The molecule has 0 aliphatic carbocycles. The quantitative estimate of drug-likeness (QED) is 0.463. The number of unbranched alkanes of at least 4 members (excludes halogenated alkanes) is 3. The highest BCUT2D eigenvalue weighted by atomic mass is 32.2. The lowest BCUT2D eigenvalue weighted by atomic mass is 10.2. The molecule has 0 saturated heterocycles. The van der Waals surface area contributed by atoms with Gasteiger partial charge >= 0.3 is 0 Å². The van der Waals surface area contributed by atoms with Crippen molar-refractivity contribution in [1.29, 1.82) is 0 Å². The average molecular weight is 236 g/mol. The highest BCUT2D eigenvalue weighted by Crippen LogP contribution is 2.19. The second-order valence-corrected chi connectivity index (χ2v) is 6.40. The molecular weight excluding hydrogens is 216 g/mol. The predicted octanol–water partition coefficient (Wildman–Crippen LogP) is 4.73. The predicted molar refractivity (Wildman–Crippen MR) is 71.9 cm³/mol. The lowest BCUT2D eigenvalue weighted by molar-refractivity contribution is 0.707. The van der Waals surface area contributed by atoms with Gasteiger partial charge in [0.15, 0.2) is 0 Å². The molecule has 78 valence electrons. The molecule has 0 radical (unpaired) electrons. The van der Waals surface area contributed by atoms with Gasteiger partial charge in [-0.05, 0) is 24.3 Å². The van der Waals surface area contributed by atoms with Gasteiger partial charge in [-0.1, -0.05) is 45.3 Å². The fourth-order valence-corrected chi connectivity index (χ4v) is 3.13. The summed E-state index contributed by atoms with van der Waals surface area (Å²) in [6, 6.07) is 0. The first-order valence-electron chi connectivity index (χ1n) is 5.10. The van der Waals surface area contributed by atoms with E-state index in [0.29, 0.717) is 0 Å². The molecule has 0 aliphatic heterocycles.